The Balaban J connectivity index is 2.05. The average Bonchev–Trinajstić information content (AvgIpc) is 2.34. The highest BCUT2D eigenvalue weighted by Crippen LogP contribution is 2.16. The lowest BCUT2D eigenvalue weighted by atomic mass is 10.1. The maximum atomic E-state index is 10.9. The van der Waals surface area contributed by atoms with Gasteiger partial charge in [-0.15, -0.1) is 0 Å². The fraction of sp³-hybridized carbons (Fsp3) is 0.308. The first kappa shape index (κ1) is 12.2. The molecule has 3 nitrogen and oxygen atoms in total. The summed E-state index contributed by atoms with van der Waals surface area (Å²) >= 11 is 0. The third-order valence-electron chi connectivity index (χ3n) is 2.65. The highest BCUT2D eigenvalue weighted by molar-refractivity contribution is 7.84. The van der Waals surface area contributed by atoms with Crippen LogP contribution in [0, 0.1) is 0 Å². The molecule has 0 fully saturated rings. The van der Waals surface area contributed by atoms with Crippen molar-refractivity contribution in [1.29, 1.82) is 0 Å². The molecule has 0 aliphatic rings. The molecule has 0 aliphatic carbocycles. The van der Waals surface area contributed by atoms with Crippen molar-refractivity contribution in [3.63, 3.8) is 0 Å². The van der Waals surface area contributed by atoms with Crippen LogP contribution in [0.5, 0.6) is 0 Å². The molecule has 17 heavy (non-hydrogen) atoms. The van der Waals surface area contributed by atoms with E-state index in [-0.39, 0.29) is 0 Å². The minimum atomic E-state index is -0.723. The predicted octanol–water partition coefficient (Wildman–Crippen LogP) is 1.70. The monoisotopic (exact) mass is 248 g/mol. The van der Waals surface area contributed by atoms with Gasteiger partial charge in [0.05, 0.1) is 0 Å². The molecule has 0 aliphatic heterocycles. The standard InChI is InChI=1S/C13H16N2OS/c1-17(16)8-7-15-10-12-4-2-3-11-9-14-6-5-13(11)12/h2-6,9,15H,7-8,10H2,1H3. The second-order valence-corrected chi connectivity index (χ2v) is 5.52. The van der Waals surface area contributed by atoms with Crippen molar-refractivity contribution in [3.05, 3.63) is 42.2 Å². The Morgan fingerprint density at radius 2 is 2.24 bits per heavy atom. The minimum absolute atomic E-state index is 0.701. The van der Waals surface area contributed by atoms with E-state index in [9.17, 15) is 4.21 Å². The molecular weight excluding hydrogens is 232 g/mol. The Labute approximate surface area is 104 Å². The van der Waals surface area contributed by atoms with Crippen LogP contribution < -0.4 is 5.32 Å². The Morgan fingerprint density at radius 1 is 1.35 bits per heavy atom. The second-order valence-electron chi connectivity index (χ2n) is 3.97. The van der Waals surface area contributed by atoms with E-state index in [2.05, 4.69) is 22.4 Å². The first-order valence-corrected chi connectivity index (χ1v) is 7.32. The summed E-state index contributed by atoms with van der Waals surface area (Å²) in [5, 5.41) is 5.70. The molecule has 2 aromatic rings. The SMILES string of the molecule is CS(=O)CCNCc1cccc2cnccc12. The average molecular weight is 248 g/mol. The van der Waals surface area contributed by atoms with Gasteiger partial charge in [0, 0.05) is 53.7 Å². The van der Waals surface area contributed by atoms with E-state index in [4.69, 9.17) is 0 Å². The van der Waals surface area contributed by atoms with Crippen molar-refractivity contribution in [1.82, 2.24) is 10.3 Å². The highest BCUT2D eigenvalue weighted by Gasteiger charge is 2.00. The molecule has 0 amide bonds. The van der Waals surface area contributed by atoms with Gasteiger partial charge in [-0.05, 0) is 17.0 Å². The molecule has 0 saturated carbocycles. The van der Waals surface area contributed by atoms with Gasteiger partial charge in [0.1, 0.15) is 0 Å². The van der Waals surface area contributed by atoms with Gasteiger partial charge in [0.15, 0.2) is 0 Å². The number of rotatable bonds is 5. The highest BCUT2D eigenvalue weighted by atomic mass is 32.2. The lowest BCUT2D eigenvalue weighted by Crippen LogP contribution is -2.19. The largest absolute Gasteiger partial charge is 0.312 e. The van der Waals surface area contributed by atoms with E-state index in [0.29, 0.717) is 5.75 Å². The fourth-order valence-electron chi connectivity index (χ4n) is 1.78. The maximum Gasteiger partial charge on any atom is 0.0357 e. The first-order valence-electron chi connectivity index (χ1n) is 5.60. The molecule has 0 saturated heterocycles. The zero-order chi connectivity index (χ0) is 12.1. The predicted molar refractivity (Wildman–Crippen MR) is 72.4 cm³/mol. The number of benzene rings is 1. The van der Waals surface area contributed by atoms with Crippen LogP contribution in [0.15, 0.2) is 36.7 Å². The van der Waals surface area contributed by atoms with E-state index >= 15 is 0 Å². The van der Waals surface area contributed by atoms with Crippen LogP contribution in [0.25, 0.3) is 10.8 Å². The second kappa shape index (κ2) is 5.89. The summed E-state index contributed by atoms with van der Waals surface area (Å²) in [4.78, 5) is 4.11. The molecule has 0 bridgehead atoms. The molecule has 1 aromatic carbocycles. The van der Waals surface area contributed by atoms with Crippen molar-refractivity contribution in [2.75, 3.05) is 18.6 Å². The Kier molecular flexibility index (Phi) is 4.23. The minimum Gasteiger partial charge on any atom is -0.312 e. The van der Waals surface area contributed by atoms with Gasteiger partial charge >= 0.3 is 0 Å². The summed E-state index contributed by atoms with van der Waals surface area (Å²) in [6.45, 7) is 1.59. The molecule has 0 radical (unpaired) electrons. The summed E-state index contributed by atoms with van der Waals surface area (Å²) in [5.74, 6) is 0.701. The summed E-state index contributed by atoms with van der Waals surface area (Å²) in [5.41, 5.74) is 1.26. The van der Waals surface area contributed by atoms with E-state index in [1.54, 1.807) is 6.26 Å². The smallest absolute Gasteiger partial charge is 0.0357 e. The maximum absolute atomic E-state index is 10.9. The molecule has 1 heterocycles. The van der Waals surface area contributed by atoms with Crippen molar-refractivity contribution in [2.24, 2.45) is 0 Å². The van der Waals surface area contributed by atoms with Crippen molar-refractivity contribution in [3.8, 4) is 0 Å². The van der Waals surface area contributed by atoms with Gasteiger partial charge < -0.3 is 5.32 Å². The Morgan fingerprint density at radius 3 is 3.06 bits per heavy atom. The van der Waals surface area contributed by atoms with Crippen LogP contribution in [0.4, 0.5) is 0 Å². The topological polar surface area (TPSA) is 42.0 Å². The van der Waals surface area contributed by atoms with Gasteiger partial charge in [0.2, 0.25) is 0 Å². The van der Waals surface area contributed by atoms with Gasteiger partial charge in [0.25, 0.3) is 0 Å². The van der Waals surface area contributed by atoms with Crippen molar-refractivity contribution < 1.29 is 4.21 Å². The van der Waals surface area contributed by atoms with Gasteiger partial charge in [-0.1, -0.05) is 18.2 Å². The molecule has 90 valence electrons. The van der Waals surface area contributed by atoms with Crippen LogP contribution in [0.1, 0.15) is 5.56 Å². The number of aromatic nitrogens is 1. The molecule has 4 heteroatoms. The van der Waals surface area contributed by atoms with E-state index in [0.717, 1.165) is 18.5 Å². The van der Waals surface area contributed by atoms with Crippen LogP contribution in [0.2, 0.25) is 0 Å². The summed E-state index contributed by atoms with van der Waals surface area (Å²) in [6, 6.07) is 8.24. The zero-order valence-corrected chi connectivity index (χ0v) is 10.7. The number of nitrogens with one attached hydrogen (secondary N) is 1. The van der Waals surface area contributed by atoms with E-state index in [1.807, 2.05) is 24.5 Å². The van der Waals surface area contributed by atoms with Crippen LogP contribution >= 0.6 is 0 Å². The lowest BCUT2D eigenvalue weighted by molar-refractivity contribution is 0.677. The van der Waals surface area contributed by atoms with Gasteiger partial charge in [-0.25, -0.2) is 0 Å². The number of hydrogen-bond donors (Lipinski definition) is 1. The van der Waals surface area contributed by atoms with Crippen LogP contribution in [-0.4, -0.2) is 27.7 Å². The van der Waals surface area contributed by atoms with Crippen molar-refractivity contribution >= 4 is 21.6 Å². The molecule has 1 atom stereocenters. The Bertz CT molecular complexity index is 522. The molecule has 1 aromatic heterocycles. The quantitative estimate of drug-likeness (QED) is 0.819. The molecule has 1 unspecified atom stereocenters. The summed E-state index contributed by atoms with van der Waals surface area (Å²) in [7, 11) is -0.723. The molecule has 2 rings (SSSR count). The molecular formula is C13H16N2OS. The van der Waals surface area contributed by atoms with Gasteiger partial charge in [-0.3, -0.25) is 9.19 Å². The van der Waals surface area contributed by atoms with Crippen molar-refractivity contribution in [2.45, 2.75) is 6.54 Å². The Hall–Kier alpha value is -1.26. The molecule has 1 N–H and O–H groups in total. The molecule has 0 spiro atoms. The van der Waals surface area contributed by atoms with Crippen LogP contribution in [-0.2, 0) is 17.3 Å². The lowest BCUT2D eigenvalue weighted by Gasteiger charge is -2.07. The number of nitrogens with zero attached hydrogens (tertiary/aromatic N) is 1. The summed E-state index contributed by atoms with van der Waals surface area (Å²) in [6.07, 6.45) is 5.41. The van der Waals surface area contributed by atoms with Gasteiger partial charge in [-0.2, -0.15) is 0 Å². The van der Waals surface area contributed by atoms with Crippen LogP contribution in [0.3, 0.4) is 0 Å². The van der Waals surface area contributed by atoms with E-state index < -0.39 is 10.8 Å². The third kappa shape index (κ3) is 3.35. The summed E-state index contributed by atoms with van der Waals surface area (Å²) < 4.78 is 10.9. The number of fused-ring (bicyclic) bond motifs is 1. The third-order valence-corrected chi connectivity index (χ3v) is 3.43. The number of hydrogen-bond acceptors (Lipinski definition) is 3. The number of pyridine rings is 1. The zero-order valence-electron chi connectivity index (χ0n) is 9.85. The fourth-order valence-corrected chi connectivity index (χ4v) is 2.21. The van der Waals surface area contributed by atoms with E-state index in [1.165, 1.54) is 10.9 Å². The normalized spacial score (nSPS) is 12.8. The first-order chi connectivity index (χ1) is 8.27.